The number of anilines is 1. The van der Waals surface area contributed by atoms with Crippen molar-refractivity contribution in [1.82, 2.24) is 0 Å². The number of rotatable bonds is 4. The molecular weight excluding hydrogens is 329 g/mol. The minimum Gasteiger partial charge on any atom is -0.387 e. The molecule has 7 nitrogen and oxygen atoms in total. The van der Waals surface area contributed by atoms with Crippen LogP contribution in [0.5, 0.6) is 0 Å². The number of alkyl halides is 5. The van der Waals surface area contributed by atoms with Crippen molar-refractivity contribution < 1.29 is 31.8 Å². The molecule has 0 radical (unpaired) electrons. The van der Waals surface area contributed by atoms with Gasteiger partial charge in [0.15, 0.2) is 5.69 Å². The fourth-order valence-corrected chi connectivity index (χ4v) is 1.92. The molecular formula is C8H4F5N3O4S. The first-order chi connectivity index (χ1) is 9.36. The van der Waals surface area contributed by atoms with E-state index in [9.17, 15) is 42.2 Å². The molecule has 0 bridgehead atoms. The quantitative estimate of drug-likeness (QED) is 0.297. The number of hydrogen-bond acceptors (Lipinski definition) is 6. The normalized spacial score (nSPS) is 12.2. The van der Waals surface area contributed by atoms with Gasteiger partial charge >= 0.3 is 11.4 Å². The van der Waals surface area contributed by atoms with E-state index in [2.05, 4.69) is 0 Å². The molecule has 0 aliphatic heterocycles. The molecule has 0 heterocycles. The highest BCUT2D eigenvalue weighted by molar-refractivity contribution is 8.00. The predicted molar refractivity (Wildman–Crippen MR) is 61.0 cm³/mol. The molecule has 116 valence electrons. The number of benzene rings is 1. The van der Waals surface area contributed by atoms with E-state index in [-0.39, 0.29) is 0 Å². The van der Waals surface area contributed by atoms with Crippen molar-refractivity contribution in [2.75, 3.05) is 5.73 Å². The number of hydrogen-bond donors (Lipinski definition) is 1. The molecule has 0 amide bonds. The van der Waals surface area contributed by atoms with Crippen LogP contribution in [0.25, 0.3) is 0 Å². The van der Waals surface area contributed by atoms with Gasteiger partial charge in [0.05, 0.1) is 9.85 Å². The maximum Gasteiger partial charge on any atom is 0.464 e. The Morgan fingerprint density at radius 2 is 1.38 bits per heavy atom. The Morgan fingerprint density at radius 3 is 1.67 bits per heavy atom. The zero-order valence-electron chi connectivity index (χ0n) is 9.56. The summed E-state index contributed by atoms with van der Waals surface area (Å²) in [5.41, 5.74) is 1.89. The van der Waals surface area contributed by atoms with Crippen LogP contribution in [0.15, 0.2) is 17.0 Å². The number of nitrogens with zero attached hydrogens (tertiary/aromatic N) is 2. The lowest BCUT2D eigenvalue weighted by atomic mass is 10.2. The van der Waals surface area contributed by atoms with Gasteiger partial charge in [0.2, 0.25) is 0 Å². The smallest absolute Gasteiger partial charge is 0.387 e. The summed E-state index contributed by atoms with van der Waals surface area (Å²) in [4.78, 5) is 17.7. The van der Waals surface area contributed by atoms with Gasteiger partial charge in [0.1, 0.15) is 0 Å². The molecule has 0 aliphatic carbocycles. The Morgan fingerprint density at radius 1 is 1.00 bits per heavy atom. The van der Waals surface area contributed by atoms with E-state index in [0.29, 0.717) is 12.1 Å². The molecule has 0 fully saturated rings. The molecule has 1 aromatic carbocycles. The summed E-state index contributed by atoms with van der Waals surface area (Å²) in [6.45, 7) is 0. The minimum absolute atomic E-state index is 0.312. The van der Waals surface area contributed by atoms with Crippen LogP contribution in [0.1, 0.15) is 0 Å². The Bertz CT molecular complexity index is 571. The highest BCUT2D eigenvalue weighted by Crippen LogP contribution is 2.49. The van der Waals surface area contributed by atoms with E-state index < -0.39 is 55.0 Å². The van der Waals surface area contributed by atoms with Crippen LogP contribution in [0.2, 0.25) is 0 Å². The molecule has 0 unspecified atom stereocenters. The topological polar surface area (TPSA) is 112 Å². The molecule has 1 aromatic rings. The predicted octanol–water partition coefficient (Wildman–Crippen LogP) is 3.33. The second kappa shape index (κ2) is 5.31. The minimum atomic E-state index is -5.93. The van der Waals surface area contributed by atoms with Gasteiger partial charge in [0, 0.05) is 17.0 Å². The molecule has 21 heavy (non-hydrogen) atoms. The van der Waals surface area contributed by atoms with E-state index in [1.807, 2.05) is 0 Å². The number of halogens is 5. The summed E-state index contributed by atoms with van der Waals surface area (Å²) >= 11 is -1.10. The number of nitrogen functional groups attached to an aromatic ring is 1. The largest absolute Gasteiger partial charge is 0.464 e. The van der Waals surface area contributed by atoms with Crippen molar-refractivity contribution in [2.24, 2.45) is 0 Å². The van der Waals surface area contributed by atoms with Gasteiger partial charge < -0.3 is 5.73 Å². The summed E-state index contributed by atoms with van der Waals surface area (Å²) in [5.74, 6) is 0. The molecule has 0 spiro atoms. The lowest BCUT2D eigenvalue weighted by Crippen LogP contribution is -2.32. The first-order valence-electron chi connectivity index (χ1n) is 4.72. The zero-order chi connectivity index (χ0) is 16.6. The first kappa shape index (κ1) is 16.9. The van der Waals surface area contributed by atoms with Crippen LogP contribution in [0, 0.1) is 20.2 Å². The summed E-state index contributed by atoms with van der Waals surface area (Å²) in [6.07, 6.45) is -5.93. The van der Waals surface area contributed by atoms with E-state index in [1.54, 1.807) is 0 Å². The van der Waals surface area contributed by atoms with Crippen LogP contribution in [0.4, 0.5) is 39.0 Å². The van der Waals surface area contributed by atoms with Gasteiger partial charge in [-0.2, -0.15) is 22.0 Å². The fourth-order valence-electron chi connectivity index (χ4n) is 1.16. The van der Waals surface area contributed by atoms with E-state index in [4.69, 9.17) is 5.73 Å². The fraction of sp³-hybridized carbons (Fsp3) is 0.250. The maximum absolute atomic E-state index is 12.8. The van der Waals surface area contributed by atoms with Crippen LogP contribution in [-0.2, 0) is 0 Å². The van der Waals surface area contributed by atoms with Crippen molar-refractivity contribution in [3.8, 4) is 0 Å². The lowest BCUT2D eigenvalue weighted by Gasteiger charge is -2.18. The summed E-state index contributed by atoms with van der Waals surface area (Å²) in [5, 5.41) is 15.9. The Balaban J connectivity index is 3.39. The Hall–Kier alpha value is -2.18. The molecule has 0 aromatic heterocycles. The van der Waals surface area contributed by atoms with Gasteiger partial charge in [-0.1, -0.05) is 0 Å². The number of thioether (sulfide) groups is 1. The van der Waals surface area contributed by atoms with Crippen LogP contribution in [0.3, 0.4) is 0 Å². The summed E-state index contributed by atoms with van der Waals surface area (Å²) < 4.78 is 61.9. The average Bonchev–Trinajstić information content (AvgIpc) is 2.28. The van der Waals surface area contributed by atoms with Crippen molar-refractivity contribution in [3.05, 3.63) is 32.4 Å². The average molecular weight is 333 g/mol. The zero-order valence-corrected chi connectivity index (χ0v) is 10.4. The van der Waals surface area contributed by atoms with Gasteiger partial charge in [-0.15, -0.1) is 0 Å². The molecule has 0 aliphatic rings. The van der Waals surface area contributed by atoms with E-state index in [0.717, 1.165) is 0 Å². The number of nitrogens with two attached hydrogens (primary N) is 1. The van der Waals surface area contributed by atoms with Gasteiger partial charge in [-0.05, 0) is 11.8 Å². The third-order valence-corrected chi connectivity index (χ3v) is 3.04. The van der Waals surface area contributed by atoms with Crippen molar-refractivity contribution in [3.63, 3.8) is 0 Å². The molecule has 2 N–H and O–H groups in total. The van der Waals surface area contributed by atoms with Crippen molar-refractivity contribution in [1.29, 1.82) is 0 Å². The molecule has 1 rings (SSSR count). The number of nitro benzene ring substituents is 2. The Labute approximate surface area is 116 Å². The third kappa shape index (κ3) is 3.48. The number of nitro groups is 2. The SMILES string of the molecule is Nc1c([N+](=O)[O-])cc(SC(F)(F)C(F)(F)F)cc1[N+](=O)[O-]. The van der Waals surface area contributed by atoms with Gasteiger partial charge in [-0.25, -0.2) is 0 Å². The van der Waals surface area contributed by atoms with E-state index >= 15 is 0 Å². The highest BCUT2D eigenvalue weighted by Gasteiger charge is 2.58. The molecule has 0 saturated heterocycles. The molecule has 0 saturated carbocycles. The van der Waals surface area contributed by atoms with Crippen LogP contribution in [-0.4, -0.2) is 21.3 Å². The second-order valence-corrected chi connectivity index (χ2v) is 4.69. The van der Waals surface area contributed by atoms with Crippen LogP contribution >= 0.6 is 11.8 Å². The first-order valence-corrected chi connectivity index (χ1v) is 5.54. The maximum atomic E-state index is 12.8. The summed E-state index contributed by atoms with van der Waals surface area (Å²) in [7, 11) is 0. The van der Waals surface area contributed by atoms with Gasteiger partial charge in [-0.3, -0.25) is 20.2 Å². The second-order valence-electron chi connectivity index (χ2n) is 3.51. The molecule has 0 atom stereocenters. The van der Waals surface area contributed by atoms with Crippen molar-refractivity contribution >= 4 is 28.8 Å². The molecule has 13 heteroatoms. The third-order valence-electron chi connectivity index (χ3n) is 2.08. The van der Waals surface area contributed by atoms with Crippen LogP contribution < -0.4 is 5.73 Å². The Kier molecular flexibility index (Phi) is 4.26. The van der Waals surface area contributed by atoms with E-state index in [1.165, 1.54) is 0 Å². The monoisotopic (exact) mass is 333 g/mol. The summed E-state index contributed by atoms with van der Waals surface area (Å²) in [6, 6.07) is 0.624. The highest BCUT2D eigenvalue weighted by atomic mass is 32.2. The lowest BCUT2D eigenvalue weighted by molar-refractivity contribution is -0.392. The van der Waals surface area contributed by atoms with Gasteiger partial charge in [0.25, 0.3) is 11.4 Å². The standard InChI is InChI=1S/C8H4F5N3O4S/c9-7(10,11)8(12,13)21-3-1-4(15(17)18)6(14)5(2-3)16(19)20/h1-2H,14H2. The van der Waals surface area contributed by atoms with Crippen molar-refractivity contribution in [2.45, 2.75) is 16.3 Å².